The minimum Gasteiger partial charge on any atom is -1.00 e. The van der Waals surface area contributed by atoms with Crippen LogP contribution in [0.1, 0.15) is 108 Å². The first-order valence-corrected chi connectivity index (χ1v) is 18.3. The normalized spacial score (nSPS) is 27.0. The van der Waals surface area contributed by atoms with E-state index in [2.05, 4.69) is 16.0 Å². The number of aliphatic hydroxyl groups is 2. The Labute approximate surface area is 352 Å². The summed E-state index contributed by atoms with van der Waals surface area (Å²) in [5.74, 6) is -4.34. The number of carbonyl (C=O) groups is 5. The molecule has 2 aromatic rings. The molecule has 0 aromatic heterocycles. The van der Waals surface area contributed by atoms with Gasteiger partial charge in [-0.3, -0.25) is 24.0 Å². The smallest absolute Gasteiger partial charge is 1.00 e. The third-order valence-corrected chi connectivity index (χ3v) is 11.0. The van der Waals surface area contributed by atoms with E-state index in [1.165, 1.54) is 25.3 Å². The van der Waals surface area contributed by atoms with Crippen LogP contribution in [0, 0.1) is 0 Å². The number of ether oxygens (including phenoxy) is 3. The molecule has 9 N–H and O–H groups in total. The zero-order chi connectivity index (χ0) is 39.1. The second-order valence-corrected chi connectivity index (χ2v) is 14.6. The Morgan fingerprint density at radius 3 is 2.46 bits per heavy atom. The van der Waals surface area contributed by atoms with Crippen molar-refractivity contribution >= 4 is 29.2 Å². The molecule has 56 heavy (non-hydrogen) atoms. The maximum Gasteiger partial charge on any atom is 1.00 e. The van der Waals surface area contributed by atoms with Crippen LogP contribution in [-0.4, -0.2) is 112 Å². The molecule has 0 radical (unpaired) electrons. The number of carbonyl (C=O) groups excluding carboxylic acids is 5. The van der Waals surface area contributed by atoms with Gasteiger partial charge in [0, 0.05) is 36.0 Å². The summed E-state index contributed by atoms with van der Waals surface area (Å²) in [6, 6.07) is 2.10. The Morgan fingerprint density at radius 2 is 1.82 bits per heavy atom. The van der Waals surface area contributed by atoms with Crippen LogP contribution in [0.15, 0.2) is 18.2 Å². The summed E-state index contributed by atoms with van der Waals surface area (Å²) in [5.41, 5.74) is 2.15. The summed E-state index contributed by atoms with van der Waals surface area (Å²) >= 11 is 0. The number of hydrogen-bond donors (Lipinski definition) is 8. The number of rotatable bonds is 12. The number of aromatic hydroxyl groups is 2. The topological polar surface area (TPSA) is 256 Å². The zero-order valence-corrected chi connectivity index (χ0v) is 34.6. The molecule has 8 atom stereocenters. The molecule has 300 valence electrons. The Bertz CT molecular complexity index is 1860. The van der Waals surface area contributed by atoms with Gasteiger partial charge in [0.15, 0.2) is 17.9 Å². The first kappa shape index (κ1) is 45.5. The molecule has 2 aliphatic heterocycles. The van der Waals surface area contributed by atoms with E-state index in [9.17, 15) is 44.4 Å². The first-order valence-electron chi connectivity index (χ1n) is 18.3. The van der Waals surface area contributed by atoms with Gasteiger partial charge in [-0.2, -0.15) is 0 Å². The van der Waals surface area contributed by atoms with E-state index in [-0.39, 0.29) is 82.3 Å². The summed E-state index contributed by atoms with van der Waals surface area (Å²) in [6.45, 7) is 3.82. The molecule has 2 aliphatic carbocycles. The molecule has 0 bridgehead atoms. The fourth-order valence-electron chi connectivity index (χ4n) is 7.99. The third-order valence-electron chi connectivity index (χ3n) is 11.0. The fraction of sp³-hybridized carbons (Fsp3) is 0.553. The van der Waals surface area contributed by atoms with Crippen LogP contribution < -0.4 is 68.4 Å². The van der Waals surface area contributed by atoms with Crippen LogP contribution in [-0.2, 0) is 30.3 Å². The number of unbranched alkanes of at least 4 members (excludes halogenated alkanes) is 1. The fourth-order valence-corrected chi connectivity index (χ4v) is 7.99. The summed E-state index contributed by atoms with van der Waals surface area (Å²) in [7, 11) is 1.32. The summed E-state index contributed by atoms with van der Waals surface area (Å²) in [5, 5.41) is 54.9. The molecule has 8 unspecified atom stereocenters. The molecule has 16 nitrogen and oxygen atoms in total. The molecule has 4 aliphatic rings. The van der Waals surface area contributed by atoms with E-state index >= 15 is 0 Å². The van der Waals surface area contributed by atoms with Crippen molar-refractivity contribution in [1.82, 2.24) is 16.0 Å². The van der Waals surface area contributed by atoms with Crippen molar-refractivity contribution in [2.45, 2.75) is 114 Å². The Kier molecular flexibility index (Phi) is 15.1. The number of aliphatic hydroxyl groups excluding tert-OH is 1. The molecular weight excluding hydrogens is 763 g/mol. The van der Waals surface area contributed by atoms with Crippen molar-refractivity contribution in [2.24, 2.45) is 5.73 Å². The van der Waals surface area contributed by atoms with Gasteiger partial charge in [-0.1, -0.05) is 12.1 Å². The van der Waals surface area contributed by atoms with E-state index in [1.807, 2.05) is 0 Å². The van der Waals surface area contributed by atoms with E-state index in [1.54, 1.807) is 6.92 Å². The molecule has 2 amide bonds. The summed E-state index contributed by atoms with van der Waals surface area (Å²) in [4.78, 5) is 67.2. The monoisotopic (exact) mass is 810 g/mol. The van der Waals surface area contributed by atoms with Crippen molar-refractivity contribution in [2.75, 3.05) is 20.2 Å². The van der Waals surface area contributed by atoms with Gasteiger partial charge in [-0.15, -0.1) is 0 Å². The number of nitrogens with two attached hydrogens (primary N) is 1. The number of phenolic OH excluding ortho intramolecular Hbond substituents is 2. The number of methoxy groups -OCH3 is 1. The van der Waals surface area contributed by atoms with Crippen LogP contribution >= 0.6 is 0 Å². The van der Waals surface area contributed by atoms with Gasteiger partial charge in [0.1, 0.15) is 35.0 Å². The minimum atomic E-state index is -2.12. The van der Waals surface area contributed by atoms with Crippen molar-refractivity contribution in [3.05, 3.63) is 51.6 Å². The van der Waals surface area contributed by atoms with Crippen molar-refractivity contribution in [1.29, 1.82) is 0 Å². The number of nitrogens with one attached hydrogen (secondary N) is 3. The Balaban J connectivity index is 0.00000348. The summed E-state index contributed by atoms with van der Waals surface area (Å²) < 4.78 is 17.6. The maximum absolute atomic E-state index is 14.0. The molecule has 2 heterocycles. The standard InChI is InChI=1S/C38H48N4O12.ClH.Na/c1-17-31(44)23(42-37(50)22(9-4-5-12-39)41-36(49)21-10-7-13-40-21)14-26(53-17)54-25-16-38(51,18(2)43)15-20-28(25)35(48)30-29(33(20)46)32(45)19-8-6-11-24(52-3)27(19)34(30)47;;/h6,8,11,17,21-23,25-26,31,40,44,46,48,51H,4-5,7,9-10,12-16,39H2,1-3H3,(H,41,49)(H,42,50);1H;/q;;+1/p-1. The summed E-state index contributed by atoms with van der Waals surface area (Å²) in [6.07, 6.45) is -2.80. The van der Waals surface area contributed by atoms with E-state index < -0.39 is 107 Å². The Hall–Kier alpha value is -3.16. The SMILES string of the molecule is COc1cccc2c1C(=O)c1c(O)c3c(c(O)c1C2=O)CC(O)(C(C)=O)CC3OC1CC(NC(=O)C(CCCCN)NC(=O)C2CCCN2)C(O)C(C)O1.[Cl-].[Na+]. The maximum atomic E-state index is 14.0. The molecule has 2 fully saturated rings. The first-order chi connectivity index (χ1) is 25.7. The third kappa shape index (κ3) is 8.65. The zero-order valence-electron chi connectivity index (χ0n) is 31.9. The predicted molar refractivity (Wildman–Crippen MR) is 190 cm³/mol. The van der Waals surface area contributed by atoms with Gasteiger partial charge in [0.05, 0.1) is 48.1 Å². The van der Waals surface area contributed by atoms with Gasteiger partial charge < -0.3 is 68.7 Å². The van der Waals surface area contributed by atoms with Crippen LogP contribution in [0.3, 0.4) is 0 Å². The molecule has 0 saturated carbocycles. The van der Waals surface area contributed by atoms with Gasteiger partial charge in [0.2, 0.25) is 17.6 Å². The average molecular weight is 811 g/mol. The van der Waals surface area contributed by atoms with E-state index in [0.29, 0.717) is 38.8 Å². The van der Waals surface area contributed by atoms with Crippen molar-refractivity contribution < 1.29 is 101 Å². The number of halogens is 1. The second-order valence-electron chi connectivity index (χ2n) is 14.6. The second kappa shape index (κ2) is 18.6. The number of fused-ring (bicyclic) bond motifs is 3. The number of Topliss-reactive ketones (excluding diaryl/α,β-unsaturated/α-hetero) is 1. The van der Waals surface area contributed by atoms with Gasteiger partial charge in [-0.05, 0) is 65.1 Å². The number of amides is 2. The number of ketones is 3. The quantitative estimate of drug-likeness (QED) is 0.0483. The number of hydrogen-bond acceptors (Lipinski definition) is 14. The van der Waals surface area contributed by atoms with Gasteiger partial charge >= 0.3 is 29.6 Å². The minimum absolute atomic E-state index is 0. The molecule has 6 rings (SSSR count). The van der Waals surface area contributed by atoms with Gasteiger partial charge in [0.25, 0.3) is 0 Å². The molecule has 2 aromatic carbocycles. The largest absolute Gasteiger partial charge is 1.00 e. The van der Waals surface area contributed by atoms with Crippen molar-refractivity contribution in [3.8, 4) is 17.2 Å². The molecular formula is C38H48ClN4NaO12. The van der Waals surface area contributed by atoms with Crippen LogP contribution in [0.4, 0.5) is 0 Å². The number of benzene rings is 2. The van der Waals surface area contributed by atoms with Crippen molar-refractivity contribution in [3.63, 3.8) is 0 Å². The van der Waals surface area contributed by atoms with Crippen LogP contribution in [0.25, 0.3) is 0 Å². The van der Waals surface area contributed by atoms with Crippen LogP contribution in [0.2, 0.25) is 0 Å². The average Bonchev–Trinajstić information content (AvgIpc) is 3.69. The molecule has 18 heteroatoms. The van der Waals surface area contributed by atoms with E-state index in [0.717, 1.165) is 13.3 Å². The number of phenols is 2. The Morgan fingerprint density at radius 1 is 1.11 bits per heavy atom. The van der Waals surface area contributed by atoms with E-state index in [4.69, 9.17) is 19.9 Å². The molecule has 0 spiro atoms. The van der Waals surface area contributed by atoms with Crippen LogP contribution in [0.5, 0.6) is 17.2 Å². The predicted octanol–water partition coefficient (Wildman–Crippen LogP) is -5.44. The van der Waals surface area contributed by atoms with Gasteiger partial charge in [-0.25, -0.2) is 0 Å². The molecule has 2 saturated heterocycles.